The number of hydrogen-bond acceptors (Lipinski definition) is 2. The molecule has 3 heteroatoms. The Morgan fingerprint density at radius 3 is 2.76 bits per heavy atom. The molecule has 0 aromatic heterocycles. The number of nitrogens with zero attached hydrogens (tertiary/aromatic N) is 1. The van der Waals surface area contributed by atoms with Crippen LogP contribution in [0.25, 0.3) is 0 Å². The molecule has 1 aromatic rings. The van der Waals surface area contributed by atoms with E-state index in [9.17, 15) is 4.79 Å². The molecule has 0 bridgehead atoms. The number of unbranched alkanes of at least 4 members (excludes halogenated alkanes) is 2. The van der Waals surface area contributed by atoms with Crippen LogP contribution < -0.4 is 0 Å². The van der Waals surface area contributed by atoms with Gasteiger partial charge in [0, 0.05) is 25.6 Å². The van der Waals surface area contributed by atoms with E-state index in [2.05, 4.69) is 18.8 Å². The van der Waals surface area contributed by atoms with Crippen molar-refractivity contribution in [2.75, 3.05) is 20.2 Å². The summed E-state index contributed by atoms with van der Waals surface area (Å²) in [6.07, 6.45) is 3.73. The van der Waals surface area contributed by atoms with Crippen LogP contribution in [0.1, 0.15) is 54.1 Å². The molecule has 0 aliphatic rings. The molecule has 0 radical (unpaired) electrons. The number of benzene rings is 1. The first-order valence-corrected chi connectivity index (χ1v) is 7.56. The van der Waals surface area contributed by atoms with E-state index in [-0.39, 0.29) is 12.5 Å². The van der Waals surface area contributed by atoms with Gasteiger partial charge in [0.15, 0.2) is 0 Å². The third-order valence-corrected chi connectivity index (χ3v) is 3.31. The van der Waals surface area contributed by atoms with Crippen LogP contribution in [0.2, 0.25) is 0 Å². The molecule has 3 nitrogen and oxygen atoms in total. The molecule has 21 heavy (non-hydrogen) atoms. The molecule has 0 saturated heterocycles. The van der Waals surface area contributed by atoms with E-state index < -0.39 is 0 Å². The summed E-state index contributed by atoms with van der Waals surface area (Å²) in [4.78, 5) is 14.3. The standard InChI is InChI=1S/C18H25NO2/c1-4-5-7-12-19(3)18(21)17-14-15(2)10-11-16(17)9-6-8-13-20/h10-11,14,20H,4-5,7-8,12-13H2,1-3H3. The number of rotatable bonds is 6. The topological polar surface area (TPSA) is 40.5 Å². The normalized spacial score (nSPS) is 9.90. The minimum absolute atomic E-state index is 0.0168. The highest BCUT2D eigenvalue weighted by atomic mass is 16.2. The van der Waals surface area contributed by atoms with Crippen molar-refractivity contribution in [2.45, 2.75) is 39.5 Å². The van der Waals surface area contributed by atoms with Gasteiger partial charge in [0.1, 0.15) is 0 Å². The summed E-state index contributed by atoms with van der Waals surface area (Å²) in [5.74, 6) is 5.89. The first-order chi connectivity index (χ1) is 10.1. The van der Waals surface area contributed by atoms with Gasteiger partial charge < -0.3 is 10.0 Å². The van der Waals surface area contributed by atoms with Crippen LogP contribution in [0, 0.1) is 18.8 Å². The Hall–Kier alpha value is -1.79. The van der Waals surface area contributed by atoms with E-state index in [4.69, 9.17) is 5.11 Å². The molecule has 0 atom stereocenters. The number of aryl methyl sites for hydroxylation is 1. The van der Waals surface area contributed by atoms with Gasteiger partial charge in [0.2, 0.25) is 0 Å². The van der Waals surface area contributed by atoms with E-state index in [0.717, 1.165) is 36.9 Å². The summed E-state index contributed by atoms with van der Waals surface area (Å²) in [6, 6.07) is 5.73. The molecule has 1 rings (SSSR count). The maximum atomic E-state index is 12.6. The monoisotopic (exact) mass is 287 g/mol. The van der Waals surface area contributed by atoms with Crippen molar-refractivity contribution in [3.05, 3.63) is 34.9 Å². The Kier molecular flexibility index (Phi) is 7.56. The largest absolute Gasteiger partial charge is 0.395 e. The zero-order valence-corrected chi connectivity index (χ0v) is 13.3. The fourth-order valence-corrected chi connectivity index (χ4v) is 2.06. The van der Waals surface area contributed by atoms with Crippen LogP contribution in [0.3, 0.4) is 0 Å². The van der Waals surface area contributed by atoms with E-state index in [1.807, 2.05) is 32.2 Å². The smallest absolute Gasteiger partial charge is 0.254 e. The Bertz CT molecular complexity index is 526. The number of carbonyl (C=O) groups excluding carboxylic acids is 1. The minimum atomic E-state index is 0.0168. The number of carbonyl (C=O) groups is 1. The van der Waals surface area contributed by atoms with Gasteiger partial charge in [-0.05, 0) is 25.5 Å². The lowest BCUT2D eigenvalue weighted by molar-refractivity contribution is 0.0792. The fourth-order valence-electron chi connectivity index (χ4n) is 2.06. The van der Waals surface area contributed by atoms with Crippen LogP contribution in [-0.4, -0.2) is 36.1 Å². The Labute approximate surface area is 128 Å². The van der Waals surface area contributed by atoms with Crippen LogP contribution in [0.4, 0.5) is 0 Å². The molecule has 0 aliphatic carbocycles. The third-order valence-electron chi connectivity index (χ3n) is 3.31. The molecule has 1 amide bonds. The van der Waals surface area contributed by atoms with E-state index in [0.29, 0.717) is 12.0 Å². The number of hydrogen-bond donors (Lipinski definition) is 1. The van der Waals surface area contributed by atoms with Crippen LogP contribution in [-0.2, 0) is 0 Å². The Morgan fingerprint density at radius 2 is 2.10 bits per heavy atom. The molecule has 1 N–H and O–H groups in total. The molecule has 0 unspecified atom stereocenters. The second-order valence-corrected chi connectivity index (χ2v) is 5.26. The molecule has 0 saturated carbocycles. The van der Waals surface area contributed by atoms with Crippen molar-refractivity contribution in [2.24, 2.45) is 0 Å². The predicted octanol–water partition coefficient (Wildman–Crippen LogP) is 2.99. The quantitative estimate of drug-likeness (QED) is 0.645. The van der Waals surface area contributed by atoms with Gasteiger partial charge in [-0.3, -0.25) is 4.79 Å². The van der Waals surface area contributed by atoms with Crippen molar-refractivity contribution in [3.8, 4) is 11.8 Å². The highest BCUT2D eigenvalue weighted by Gasteiger charge is 2.14. The molecule has 0 spiro atoms. The van der Waals surface area contributed by atoms with Crippen molar-refractivity contribution in [1.82, 2.24) is 4.90 Å². The first-order valence-electron chi connectivity index (χ1n) is 7.56. The lowest BCUT2D eigenvalue weighted by Crippen LogP contribution is -2.28. The van der Waals surface area contributed by atoms with Gasteiger partial charge in [0.05, 0.1) is 12.2 Å². The Morgan fingerprint density at radius 1 is 1.33 bits per heavy atom. The fraction of sp³-hybridized carbons (Fsp3) is 0.500. The van der Waals surface area contributed by atoms with Gasteiger partial charge in [0.25, 0.3) is 5.91 Å². The molecule has 0 heterocycles. The maximum absolute atomic E-state index is 12.6. The predicted molar refractivity (Wildman–Crippen MR) is 86.2 cm³/mol. The molecule has 0 fully saturated rings. The zero-order valence-electron chi connectivity index (χ0n) is 13.3. The molecule has 1 aromatic carbocycles. The van der Waals surface area contributed by atoms with Crippen molar-refractivity contribution < 1.29 is 9.90 Å². The van der Waals surface area contributed by atoms with Gasteiger partial charge in [-0.15, -0.1) is 0 Å². The number of aliphatic hydroxyl groups is 1. The summed E-state index contributed by atoms with van der Waals surface area (Å²) in [5.41, 5.74) is 2.44. The van der Waals surface area contributed by atoms with E-state index >= 15 is 0 Å². The number of amides is 1. The van der Waals surface area contributed by atoms with Crippen molar-refractivity contribution in [1.29, 1.82) is 0 Å². The first kappa shape index (κ1) is 17.3. The summed E-state index contributed by atoms with van der Waals surface area (Å²) >= 11 is 0. The lowest BCUT2D eigenvalue weighted by atomic mass is 10.0. The van der Waals surface area contributed by atoms with Crippen LogP contribution in [0.5, 0.6) is 0 Å². The highest BCUT2D eigenvalue weighted by molar-refractivity contribution is 5.96. The SMILES string of the molecule is CCCCCN(C)C(=O)c1cc(C)ccc1C#CCCO. The van der Waals surface area contributed by atoms with Crippen LogP contribution in [0.15, 0.2) is 18.2 Å². The van der Waals surface area contributed by atoms with Crippen molar-refractivity contribution >= 4 is 5.91 Å². The third kappa shape index (κ3) is 5.61. The van der Waals surface area contributed by atoms with E-state index in [1.54, 1.807) is 4.90 Å². The average Bonchev–Trinajstić information content (AvgIpc) is 2.48. The van der Waals surface area contributed by atoms with Crippen LogP contribution >= 0.6 is 0 Å². The number of aliphatic hydroxyl groups excluding tert-OH is 1. The van der Waals surface area contributed by atoms with Gasteiger partial charge >= 0.3 is 0 Å². The average molecular weight is 287 g/mol. The van der Waals surface area contributed by atoms with E-state index in [1.165, 1.54) is 0 Å². The molecular weight excluding hydrogens is 262 g/mol. The Balaban J connectivity index is 2.91. The maximum Gasteiger partial charge on any atom is 0.254 e. The minimum Gasteiger partial charge on any atom is -0.395 e. The lowest BCUT2D eigenvalue weighted by Gasteiger charge is -2.18. The van der Waals surface area contributed by atoms with Gasteiger partial charge in [-0.25, -0.2) is 0 Å². The summed E-state index contributed by atoms with van der Waals surface area (Å²) in [7, 11) is 1.84. The molecule has 0 aliphatic heterocycles. The summed E-state index contributed by atoms with van der Waals surface area (Å²) in [5, 5.41) is 8.80. The second kappa shape index (κ2) is 9.20. The second-order valence-electron chi connectivity index (χ2n) is 5.26. The summed E-state index contributed by atoms with van der Waals surface area (Å²) < 4.78 is 0. The van der Waals surface area contributed by atoms with Gasteiger partial charge in [-0.2, -0.15) is 0 Å². The molecular formula is C18H25NO2. The zero-order chi connectivity index (χ0) is 15.7. The van der Waals surface area contributed by atoms with Crippen molar-refractivity contribution in [3.63, 3.8) is 0 Å². The summed E-state index contributed by atoms with van der Waals surface area (Å²) in [6.45, 7) is 4.93. The molecule has 114 valence electrons. The highest BCUT2D eigenvalue weighted by Crippen LogP contribution is 2.14. The van der Waals surface area contributed by atoms with Gasteiger partial charge in [-0.1, -0.05) is 43.2 Å².